The molecule has 1 saturated heterocycles. The first-order chi connectivity index (χ1) is 16.0. The van der Waals surface area contributed by atoms with E-state index >= 15 is 0 Å². The quantitative estimate of drug-likeness (QED) is 0.386. The number of benzene rings is 1. The fourth-order valence-electron chi connectivity index (χ4n) is 4.29. The molecule has 1 aromatic carbocycles. The van der Waals surface area contributed by atoms with Gasteiger partial charge in [-0.25, -0.2) is 0 Å². The number of pyridine rings is 1. The van der Waals surface area contributed by atoms with E-state index in [9.17, 15) is 14.4 Å². The molecule has 0 spiro atoms. The highest BCUT2D eigenvalue weighted by atomic mass is 16.3. The van der Waals surface area contributed by atoms with E-state index < -0.39 is 11.7 Å². The summed E-state index contributed by atoms with van der Waals surface area (Å²) in [6.45, 7) is 2.85. The molecule has 0 aliphatic carbocycles. The lowest BCUT2D eigenvalue weighted by atomic mass is 10.1. The van der Waals surface area contributed by atoms with E-state index in [1.165, 1.54) is 11.1 Å². The van der Waals surface area contributed by atoms with Gasteiger partial charge in [0.05, 0.1) is 17.3 Å². The van der Waals surface area contributed by atoms with Crippen LogP contribution in [0, 0.1) is 0 Å². The largest absolute Gasteiger partial charge is 0.463 e. The number of carbonyl (C=O) groups is 3. The fourth-order valence-corrected chi connectivity index (χ4v) is 4.29. The van der Waals surface area contributed by atoms with Gasteiger partial charge in [0.1, 0.15) is 5.69 Å². The number of piperazine rings is 1. The van der Waals surface area contributed by atoms with Crippen LogP contribution in [0.5, 0.6) is 0 Å². The lowest BCUT2D eigenvalue weighted by molar-refractivity contribution is -0.128. The van der Waals surface area contributed by atoms with Crippen LogP contribution >= 0.6 is 0 Å². The SMILES string of the molecule is CC1CN(C(=O)C(=O)c2c[nH]c3c(-c4ccco4)nccc23)CCN1C(=O)c1ccccc1. The molecule has 5 rings (SSSR count). The number of amides is 2. The minimum atomic E-state index is -0.590. The smallest absolute Gasteiger partial charge is 0.295 e. The first-order valence-corrected chi connectivity index (χ1v) is 10.7. The molecule has 4 aromatic rings. The molecule has 1 aliphatic rings. The van der Waals surface area contributed by atoms with Gasteiger partial charge in [-0.2, -0.15) is 0 Å². The monoisotopic (exact) mass is 442 g/mol. The zero-order chi connectivity index (χ0) is 22.9. The molecule has 8 nitrogen and oxygen atoms in total. The van der Waals surface area contributed by atoms with Crippen LogP contribution in [0.25, 0.3) is 22.4 Å². The van der Waals surface area contributed by atoms with Crippen molar-refractivity contribution in [3.8, 4) is 11.5 Å². The van der Waals surface area contributed by atoms with Gasteiger partial charge in [0.2, 0.25) is 0 Å². The summed E-state index contributed by atoms with van der Waals surface area (Å²) >= 11 is 0. The molecule has 0 saturated carbocycles. The normalized spacial score (nSPS) is 16.2. The molecule has 8 heteroatoms. The number of aromatic nitrogens is 2. The number of rotatable bonds is 4. The maximum Gasteiger partial charge on any atom is 0.295 e. The van der Waals surface area contributed by atoms with Gasteiger partial charge in [0.15, 0.2) is 5.76 Å². The molecule has 1 fully saturated rings. The Morgan fingerprint density at radius 2 is 1.88 bits per heavy atom. The molecular formula is C25H22N4O4. The second-order valence-corrected chi connectivity index (χ2v) is 8.06. The highest BCUT2D eigenvalue weighted by Gasteiger charge is 2.33. The van der Waals surface area contributed by atoms with Crippen molar-refractivity contribution in [2.75, 3.05) is 19.6 Å². The molecule has 0 radical (unpaired) electrons. The van der Waals surface area contributed by atoms with Gasteiger partial charge in [0, 0.05) is 49.0 Å². The molecule has 2 amide bonds. The summed E-state index contributed by atoms with van der Waals surface area (Å²) in [6, 6.07) is 14.1. The number of fused-ring (bicyclic) bond motifs is 1. The van der Waals surface area contributed by atoms with E-state index in [4.69, 9.17) is 4.42 Å². The number of hydrogen-bond donors (Lipinski definition) is 1. The molecule has 166 valence electrons. The molecular weight excluding hydrogens is 420 g/mol. The van der Waals surface area contributed by atoms with E-state index in [0.717, 1.165) is 0 Å². The van der Waals surface area contributed by atoms with Crippen LogP contribution in [-0.4, -0.2) is 63.0 Å². The summed E-state index contributed by atoms with van der Waals surface area (Å²) in [7, 11) is 0. The summed E-state index contributed by atoms with van der Waals surface area (Å²) < 4.78 is 5.44. The number of ketones is 1. The fraction of sp³-hybridized carbons (Fsp3) is 0.200. The number of nitrogens with zero attached hydrogens (tertiary/aromatic N) is 3. The van der Waals surface area contributed by atoms with Crippen molar-refractivity contribution in [2.45, 2.75) is 13.0 Å². The third kappa shape index (κ3) is 3.69. The van der Waals surface area contributed by atoms with Crippen molar-refractivity contribution in [3.05, 3.63) is 78.3 Å². The van der Waals surface area contributed by atoms with Crippen LogP contribution in [0.2, 0.25) is 0 Å². The second kappa shape index (κ2) is 8.38. The molecule has 3 aromatic heterocycles. The van der Waals surface area contributed by atoms with Crippen LogP contribution in [0.4, 0.5) is 0 Å². The van der Waals surface area contributed by atoms with E-state index in [2.05, 4.69) is 9.97 Å². The summed E-state index contributed by atoms with van der Waals surface area (Å²) in [5.41, 5.74) is 2.11. The van der Waals surface area contributed by atoms with Crippen LogP contribution in [0.1, 0.15) is 27.6 Å². The minimum absolute atomic E-state index is 0.0730. The van der Waals surface area contributed by atoms with Crippen molar-refractivity contribution in [3.63, 3.8) is 0 Å². The van der Waals surface area contributed by atoms with Crippen molar-refractivity contribution < 1.29 is 18.8 Å². The predicted octanol–water partition coefficient (Wildman–Crippen LogP) is 3.38. The third-order valence-corrected chi connectivity index (χ3v) is 5.99. The number of H-pyrrole nitrogens is 1. The number of Topliss-reactive ketones (excluding diaryl/α,β-unsaturated/α-hetero) is 1. The Bertz CT molecular complexity index is 1330. The Kier molecular flexibility index (Phi) is 5.26. The van der Waals surface area contributed by atoms with Gasteiger partial charge < -0.3 is 19.2 Å². The number of furan rings is 1. The Hall–Kier alpha value is -4.20. The zero-order valence-electron chi connectivity index (χ0n) is 18.0. The number of carbonyl (C=O) groups excluding carboxylic acids is 3. The topological polar surface area (TPSA) is 99.5 Å². The Morgan fingerprint density at radius 1 is 1.06 bits per heavy atom. The van der Waals surface area contributed by atoms with E-state index in [1.54, 1.807) is 47.7 Å². The summed E-state index contributed by atoms with van der Waals surface area (Å²) in [5.74, 6) is -0.671. The summed E-state index contributed by atoms with van der Waals surface area (Å²) in [6.07, 6.45) is 4.68. The minimum Gasteiger partial charge on any atom is -0.463 e. The molecule has 0 bridgehead atoms. The van der Waals surface area contributed by atoms with Crippen molar-refractivity contribution in [1.82, 2.24) is 19.8 Å². The van der Waals surface area contributed by atoms with Gasteiger partial charge in [-0.1, -0.05) is 18.2 Å². The van der Waals surface area contributed by atoms with Crippen LogP contribution in [0.3, 0.4) is 0 Å². The third-order valence-electron chi connectivity index (χ3n) is 5.99. The lowest BCUT2D eigenvalue weighted by Gasteiger charge is -2.39. The molecule has 1 N–H and O–H groups in total. The van der Waals surface area contributed by atoms with Crippen molar-refractivity contribution in [2.24, 2.45) is 0 Å². The summed E-state index contributed by atoms with van der Waals surface area (Å²) in [4.78, 5) is 49.7. The number of nitrogens with one attached hydrogen (secondary N) is 1. The van der Waals surface area contributed by atoms with Crippen LogP contribution in [0.15, 0.2) is 71.6 Å². The second-order valence-electron chi connectivity index (χ2n) is 8.06. The first kappa shape index (κ1) is 20.7. The Morgan fingerprint density at radius 3 is 2.61 bits per heavy atom. The van der Waals surface area contributed by atoms with Crippen LogP contribution < -0.4 is 0 Å². The lowest BCUT2D eigenvalue weighted by Crippen LogP contribution is -2.56. The first-order valence-electron chi connectivity index (χ1n) is 10.7. The highest BCUT2D eigenvalue weighted by Crippen LogP contribution is 2.28. The van der Waals surface area contributed by atoms with Gasteiger partial charge >= 0.3 is 0 Å². The highest BCUT2D eigenvalue weighted by molar-refractivity contribution is 6.45. The van der Waals surface area contributed by atoms with Gasteiger partial charge in [0.25, 0.3) is 17.6 Å². The maximum absolute atomic E-state index is 13.1. The van der Waals surface area contributed by atoms with Crippen molar-refractivity contribution in [1.29, 1.82) is 0 Å². The van der Waals surface area contributed by atoms with Gasteiger partial charge in [-0.05, 0) is 37.3 Å². The Labute approximate surface area is 189 Å². The van der Waals surface area contributed by atoms with E-state index in [1.807, 2.05) is 25.1 Å². The molecule has 1 aliphatic heterocycles. The number of hydrogen-bond acceptors (Lipinski definition) is 5. The van der Waals surface area contributed by atoms with E-state index in [-0.39, 0.29) is 11.9 Å². The predicted molar refractivity (Wildman–Crippen MR) is 122 cm³/mol. The molecule has 1 unspecified atom stereocenters. The standard InChI is InChI=1S/C25H22N4O4/c1-16-15-28(11-12-29(16)24(31)17-6-3-2-4-7-17)25(32)23(30)19-14-27-21-18(19)9-10-26-22(21)20-8-5-13-33-20/h2-10,13-14,16,27H,11-12,15H2,1H3. The molecule has 4 heterocycles. The average molecular weight is 442 g/mol. The van der Waals surface area contributed by atoms with E-state index in [0.29, 0.717) is 53.1 Å². The molecule has 33 heavy (non-hydrogen) atoms. The van der Waals surface area contributed by atoms with Gasteiger partial charge in [-0.15, -0.1) is 0 Å². The zero-order valence-corrected chi connectivity index (χ0v) is 18.0. The van der Waals surface area contributed by atoms with Crippen molar-refractivity contribution >= 4 is 28.5 Å². The number of aromatic amines is 1. The average Bonchev–Trinajstić information content (AvgIpc) is 3.53. The molecule has 1 atom stereocenters. The Balaban J connectivity index is 1.34. The van der Waals surface area contributed by atoms with Crippen LogP contribution in [-0.2, 0) is 4.79 Å². The summed E-state index contributed by atoms with van der Waals surface area (Å²) in [5, 5.41) is 0.612. The van der Waals surface area contributed by atoms with Gasteiger partial charge in [-0.3, -0.25) is 19.4 Å². The maximum atomic E-state index is 13.1.